The van der Waals surface area contributed by atoms with Crippen LogP contribution in [0.15, 0.2) is 41.6 Å². The van der Waals surface area contributed by atoms with Crippen molar-refractivity contribution in [1.29, 1.82) is 0 Å². The van der Waals surface area contributed by atoms with Gasteiger partial charge in [0.05, 0.1) is 11.9 Å². The highest BCUT2D eigenvalue weighted by atomic mass is 16.1. The number of benzene rings is 1. The summed E-state index contributed by atoms with van der Waals surface area (Å²) < 4.78 is 0. The van der Waals surface area contributed by atoms with Crippen molar-refractivity contribution in [3.8, 4) is 11.1 Å². The molecule has 0 radical (unpaired) electrons. The van der Waals surface area contributed by atoms with E-state index in [1.165, 1.54) is 11.9 Å². The molecule has 1 aromatic carbocycles. The van der Waals surface area contributed by atoms with Crippen molar-refractivity contribution >= 4 is 0 Å². The Morgan fingerprint density at radius 3 is 2.81 bits per heavy atom. The molecule has 0 saturated carbocycles. The minimum Gasteiger partial charge on any atom is -0.313 e. The Morgan fingerprint density at radius 2 is 2.12 bits per heavy atom. The summed E-state index contributed by atoms with van der Waals surface area (Å²) in [6.45, 7) is 4.26. The van der Waals surface area contributed by atoms with Crippen LogP contribution in [0, 0.1) is 0 Å². The summed E-state index contributed by atoms with van der Waals surface area (Å²) >= 11 is 0. The largest absolute Gasteiger partial charge is 0.313 e. The number of aromatic amines is 1. The molecule has 0 amide bonds. The lowest BCUT2D eigenvalue weighted by Crippen LogP contribution is -2.08. The van der Waals surface area contributed by atoms with Gasteiger partial charge in [-0.15, -0.1) is 0 Å². The van der Waals surface area contributed by atoms with Gasteiger partial charge in [-0.1, -0.05) is 38.1 Å². The highest BCUT2D eigenvalue weighted by Gasteiger charge is 2.05. The van der Waals surface area contributed by atoms with Gasteiger partial charge in [-0.05, 0) is 17.0 Å². The molecule has 1 heterocycles. The van der Waals surface area contributed by atoms with Crippen molar-refractivity contribution < 1.29 is 0 Å². The normalized spacial score (nSPS) is 10.7. The van der Waals surface area contributed by atoms with Gasteiger partial charge >= 0.3 is 0 Å². The molecule has 2 aromatic rings. The molecule has 0 aliphatic rings. The van der Waals surface area contributed by atoms with Crippen LogP contribution in [0.2, 0.25) is 0 Å². The van der Waals surface area contributed by atoms with Gasteiger partial charge in [-0.25, -0.2) is 4.98 Å². The first-order valence-electron chi connectivity index (χ1n) is 5.31. The zero-order chi connectivity index (χ0) is 11.5. The molecule has 1 aromatic heterocycles. The predicted molar refractivity (Wildman–Crippen MR) is 64.4 cm³/mol. The van der Waals surface area contributed by atoms with E-state index < -0.39 is 0 Å². The van der Waals surface area contributed by atoms with E-state index in [1.807, 2.05) is 18.2 Å². The Balaban J connectivity index is 2.53. The SMILES string of the molecule is CC(C)c1cccc(-c2cnc[nH]c2=O)c1. The zero-order valence-corrected chi connectivity index (χ0v) is 9.40. The number of rotatable bonds is 2. The topological polar surface area (TPSA) is 45.8 Å². The highest BCUT2D eigenvalue weighted by Crippen LogP contribution is 2.20. The van der Waals surface area contributed by atoms with Crippen molar-refractivity contribution in [1.82, 2.24) is 9.97 Å². The van der Waals surface area contributed by atoms with Crippen LogP contribution in [0.1, 0.15) is 25.3 Å². The molecule has 0 unspecified atom stereocenters. The van der Waals surface area contributed by atoms with Gasteiger partial charge in [-0.2, -0.15) is 0 Å². The Bertz CT molecular complexity index is 543. The molecular formula is C13H14N2O. The van der Waals surface area contributed by atoms with Crippen LogP contribution in [0.3, 0.4) is 0 Å². The Hall–Kier alpha value is -1.90. The molecule has 0 saturated heterocycles. The fraction of sp³-hybridized carbons (Fsp3) is 0.231. The molecule has 0 aliphatic carbocycles. The van der Waals surface area contributed by atoms with Crippen LogP contribution in [-0.2, 0) is 0 Å². The standard InChI is InChI=1S/C13H14N2O/c1-9(2)10-4-3-5-11(6-10)12-7-14-8-15-13(12)16/h3-9H,1-2H3,(H,14,15,16). The second kappa shape index (κ2) is 4.31. The van der Waals surface area contributed by atoms with E-state index >= 15 is 0 Å². The quantitative estimate of drug-likeness (QED) is 0.835. The van der Waals surface area contributed by atoms with Crippen molar-refractivity contribution in [2.45, 2.75) is 19.8 Å². The summed E-state index contributed by atoms with van der Waals surface area (Å²) in [6.07, 6.45) is 3.00. The van der Waals surface area contributed by atoms with Crippen LogP contribution in [0.4, 0.5) is 0 Å². The molecule has 16 heavy (non-hydrogen) atoms. The lowest BCUT2D eigenvalue weighted by atomic mass is 9.99. The minimum atomic E-state index is -0.101. The average molecular weight is 214 g/mol. The van der Waals surface area contributed by atoms with Crippen molar-refractivity contribution in [2.24, 2.45) is 0 Å². The summed E-state index contributed by atoms with van der Waals surface area (Å²) in [6, 6.07) is 8.00. The van der Waals surface area contributed by atoms with Gasteiger partial charge in [0.15, 0.2) is 0 Å². The molecule has 3 heteroatoms. The smallest absolute Gasteiger partial charge is 0.258 e. The highest BCUT2D eigenvalue weighted by molar-refractivity contribution is 5.62. The number of nitrogens with zero attached hydrogens (tertiary/aromatic N) is 1. The molecule has 0 bridgehead atoms. The Labute approximate surface area is 94.2 Å². The summed E-state index contributed by atoms with van der Waals surface area (Å²) in [4.78, 5) is 18.1. The molecule has 0 spiro atoms. The number of hydrogen-bond acceptors (Lipinski definition) is 2. The molecular weight excluding hydrogens is 200 g/mol. The molecule has 0 aliphatic heterocycles. The third kappa shape index (κ3) is 2.03. The van der Waals surface area contributed by atoms with Gasteiger partial charge in [-0.3, -0.25) is 4.79 Å². The average Bonchev–Trinajstić information content (AvgIpc) is 2.30. The number of nitrogens with one attached hydrogen (secondary N) is 1. The first kappa shape index (κ1) is 10.6. The zero-order valence-electron chi connectivity index (χ0n) is 9.40. The van der Waals surface area contributed by atoms with Crippen LogP contribution >= 0.6 is 0 Å². The molecule has 0 atom stereocenters. The summed E-state index contributed by atoms with van der Waals surface area (Å²) in [5, 5.41) is 0. The lowest BCUT2D eigenvalue weighted by molar-refractivity contribution is 0.867. The predicted octanol–water partition coefficient (Wildman–Crippen LogP) is 2.56. The summed E-state index contributed by atoms with van der Waals surface area (Å²) in [5.41, 5.74) is 2.65. The summed E-state index contributed by atoms with van der Waals surface area (Å²) in [5.74, 6) is 0.454. The van der Waals surface area contributed by atoms with Gasteiger partial charge < -0.3 is 4.98 Å². The van der Waals surface area contributed by atoms with E-state index in [2.05, 4.69) is 29.9 Å². The summed E-state index contributed by atoms with van der Waals surface area (Å²) in [7, 11) is 0. The number of aromatic nitrogens is 2. The Morgan fingerprint density at radius 1 is 1.31 bits per heavy atom. The van der Waals surface area contributed by atoms with E-state index in [0.717, 1.165) is 5.56 Å². The minimum absolute atomic E-state index is 0.101. The van der Waals surface area contributed by atoms with Crippen LogP contribution in [0.5, 0.6) is 0 Å². The fourth-order valence-corrected chi connectivity index (χ4v) is 1.62. The van der Waals surface area contributed by atoms with Crippen LogP contribution < -0.4 is 5.56 Å². The second-order valence-corrected chi connectivity index (χ2v) is 4.07. The fourth-order valence-electron chi connectivity index (χ4n) is 1.62. The monoisotopic (exact) mass is 214 g/mol. The van der Waals surface area contributed by atoms with Gasteiger partial charge in [0.1, 0.15) is 0 Å². The van der Waals surface area contributed by atoms with Gasteiger partial charge in [0.2, 0.25) is 0 Å². The van der Waals surface area contributed by atoms with Crippen molar-refractivity contribution in [3.63, 3.8) is 0 Å². The van der Waals surface area contributed by atoms with E-state index in [4.69, 9.17) is 0 Å². The van der Waals surface area contributed by atoms with Crippen LogP contribution in [0.25, 0.3) is 11.1 Å². The van der Waals surface area contributed by atoms with Gasteiger partial charge in [0, 0.05) is 6.20 Å². The third-order valence-corrected chi connectivity index (χ3v) is 2.58. The Kier molecular flexibility index (Phi) is 2.86. The lowest BCUT2D eigenvalue weighted by Gasteiger charge is -2.07. The number of H-pyrrole nitrogens is 1. The van der Waals surface area contributed by atoms with E-state index in [0.29, 0.717) is 11.5 Å². The van der Waals surface area contributed by atoms with E-state index in [1.54, 1.807) is 6.20 Å². The maximum Gasteiger partial charge on any atom is 0.258 e. The van der Waals surface area contributed by atoms with Crippen LogP contribution in [-0.4, -0.2) is 9.97 Å². The third-order valence-electron chi connectivity index (χ3n) is 2.58. The second-order valence-electron chi connectivity index (χ2n) is 4.07. The van der Waals surface area contributed by atoms with Crippen molar-refractivity contribution in [3.05, 3.63) is 52.7 Å². The molecule has 1 N–H and O–H groups in total. The van der Waals surface area contributed by atoms with Crippen molar-refractivity contribution in [2.75, 3.05) is 0 Å². The first-order valence-corrected chi connectivity index (χ1v) is 5.31. The molecule has 2 rings (SSSR count). The molecule has 3 nitrogen and oxygen atoms in total. The van der Waals surface area contributed by atoms with E-state index in [9.17, 15) is 4.79 Å². The van der Waals surface area contributed by atoms with Gasteiger partial charge in [0.25, 0.3) is 5.56 Å². The maximum atomic E-state index is 11.6. The molecule has 0 fully saturated rings. The maximum absolute atomic E-state index is 11.6. The van der Waals surface area contributed by atoms with E-state index in [-0.39, 0.29) is 5.56 Å². The number of hydrogen-bond donors (Lipinski definition) is 1. The molecule has 82 valence electrons. The first-order chi connectivity index (χ1) is 7.68.